The second-order valence-electron chi connectivity index (χ2n) is 7.57. The van der Waals surface area contributed by atoms with E-state index in [0.717, 1.165) is 10.8 Å². The smallest absolute Gasteiger partial charge is 0.308 e. The molecule has 0 saturated heterocycles. The number of esters is 1. The van der Waals surface area contributed by atoms with Crippen LogP contribution < -0.4 is 10.6 Å². The number of carbonyl (C=O) groups excluding carboxylic acids is 4. The van der Waals surface area contributed by atoms with Crippen LogP contribution in [-0.4, -0.2) is 36.2 Å². The van der Waals surface area contributed by atoms with Crippen molar-refractivity contribution in [2.75, 3.05) is 11.9 Å². The van der Waals surface area contributed by atoms with Crippen LogP contribution >= 0.6 is 0 Å². The van der Waals surface area contributed by atoms with E-state index >= 15 is 0 Å². The van der Waals surface area contributed by atoms with Crippen molar-refractivity contribution in [1.82, 2.24) is 5.32 Å². The molecule has 0 heterocycles. The second kappa shape index (κ2) is 11.6. The van der Waals surface area contributed by atoms with E-state index < -0.39 is 18.0 Å². The Labute approximate surface area is 192 Å². The first-order valence-electron chi connectivity index (χ1n) is 10.8. The molecule has 0 saturated carbocycles. The molecule has 170 valence electrons. The average Bonchev–Trinajstić information content (AvgIpc) is 2.83. The summed E-state index contributed by atoms with van der Waals surface area (Å²) in [6, 6.07) is 22.1. The molecule has 3 aromatic rings. The van der Waals surface area contributed by atoms with Gasteiger partial charge in [-0.25, -0.2) is 0 Å². The predicted octanol–water partition coefficient (Wildman–Crippen LogP) is 3.88. The molecule has 0 radical (unpaired) electrons. The van der Waals surface area contributed by atoms with Gasteiger partial charge in [0.1, 0.15) is 0 Å². The largest absolute Gasteiger partial charge is 0.452 e. The Hall–Kier alpha value is -4.00. The first-order valence-corrected chi connectivity index (χ1v) is 10.8. The number of amides is 2. The minimum Gasteiger partial charge on any atom is -0.452 e. The number of ether oxygens (including phenoxy) is 1. The van der Waals surface area contributed by atoms with Crippen molar-refractivity contribution in [2.45, 2.75) is 32.3 Å². The van der Waals surface area contributed by atoms with E-state index in [0.29, 0.717) is 11.3 Å². The van der Waals surface area contributed by atoms with Gasteiger partial charge in [-0.2, -0.15) is 0 Å². The highest BCUT2D eigenvalue weighted by atomic mass is 16.5. The summed E-state index contributed by atoms with van der Waals surface area (Å²) >= 11 is 0. The number of carbonyl (C=O) groups is 4. The summed E-state index contributed by atoms with van der Waals surface area (Å²) in [5, 5.41) is 7.37. The molecule has 3 rings (SSSR count). The summed E-state index contributed by atoms with van der Waals surface area (Å²) in [5.74, 6) is -1.48. The topological polar surface area (TPSA) is 102 Å². The molecule has 7 heteroatoms. The zero-order valence-corrected chi connectivity index (χ0v) is 18.4. The van der Waals surface area contributed by atoms with Crippen LogP contribution in [0.2, 0.25) is 0 Å². The monoisotopic (exact) mass is 446 g/mol. The molecule has 0 aliphatic heterocycles. The van der Waals surface area contributed by atoms with Crippen LogP contribution in [0.1, 0.15) is 36.5 Å². The summed E-state index contributed by atoms with van der Waals surface area (Å²) in [6.07, 6.45) is -0.936. The van der Waals surface area contributed by atoms with Crippen LogP contribution in [0.5, 0.6) is 0 Å². The van der Waals surface area contributed by atoms with Gasteiger partial charge in [0.25, 0.3) is 5.91 Å². The molecule has 1 atom stereocenters. The van der Waals surface area contributed by atoms with Gasteiger partial charge in [-0.15, -0.1) is 0 Å². The van der Waals surface area contributed by atoms with E-state index in [4.69, 9.17) is 4.74 Å². The lowest BCUT2D eigenvalue weighted by atomic mass is 10.1. The van der Waals surface area contributed by atoms with Gasteiger partial charge in [-0.3, -0.25) is 19.2 Å². The third-order valence-electron chi connectivity index (χ3n) is 5.02. The molecular weight excluding hydrogens is 420 g/mol. The van der Waals surface area contributed by atoms with Crippen molar-refractivity contribution >= 4 is 40.0 Å². The first-order chi connectivity index (χ1) is 15.9. The number of nitrogens with one attached hydrogen (secondary N) is 2. The Morgan fingerprint density at radius 3 is 2.27 bits per heavy atom. The zero-order chi connectivity index (χ0) is 23.6. The third kappa shape index (κ3) is 7.28. The lowest BCUT2D eigenvalue weighted by Gasteiger charge is -2.14. The van der Waals surface area contributed by atoms with Crippen molar-refractivity contribution < 1.29 is 23.9 Å². The van der Waals surface area contributed by atoms with Gasteiger partial charge in [-0.05, 0) is 29.8 Å². The Morgan fingerprint density at radius 1 is 0.818 bits per heavy atom. The number of anilines is 1. The van der Waals surface area contributed by atoms with Crippen LogP contribution in [0.4, 0.5) is 5.69 Å². The van der Waals surface area contributed by atoms with E-state index in [1.807, 2.05) is 42.5 Å². The highest BCUT2D eigenvalue weighted by Gasteiger charge is 2.18. The SMILES string of the molecule is C[C@H](OC(=O)CCNC(=O)CCC(=O)c1ccccc1)C(=O)Nc1ccc2ccccc2c1. The van der Waals surface area contributed by atoms with Gasteiger partial charge < -0.3 is 15.4 Å². The van der Waals surface area contributed by atoms with Gasteiger partial charge in [0.2, 0.25) is 5.91 Å². The molecular formula is C26H26N2O5. The van der Waals surface area contributed by atoms with Crippen LogP contribution in [0, 0.1) is 0 Å². The maximum atomic E-state index is 12.3. The van der Waals surface area contributed by atoms with Gasteiger partial charge in [0.05, 0.1) is 6.42 Å². The summed E-state index contributed by atoms with van der Waals surface area (Å²) in [6.45, 7) is 1.55. The molecule has 33 heavy (non-hydrogen) atoms. The number of fused-ring (bicyclic) bond motifs is 1. The Kier molecular flexibility index (Phi) is 8.30. The van der Waals surface area contributed by atoms with Crippen molar-refractivity contribution in [3.05, 3.63) is 78.4 Å². The maximum Gasteiger partial charge on any atom is 0.308 e. The van der Waals surface area contributed by atoms with E-state index in [2.05, 4.69) is 10.6 Å². The number of rotatable bonds is 10. The second-order valence-corrected chi connectivity index (χ2v) is 7.57. The molecule has 2 amide bonds. The molecule has 0 aliphatic carbocycles. The van der Waals surface area contributed by atoms with E-state index in [1.165, 1.54) is 6.92 Å². The van der Waals surface area contributed by atoms with Crippen LogP contribution in [0.3, 0.4) is 0 Å². The van der Waals surface area contributed by atoms with E-state index in [1.54, 1.807) is 30.3 Å². The van der Waals surface area contributed by atoms with Crippen LogP contribution in [-0.2, 0) is 19.1 Å². The maximum absolute atomic E-state index is 12.3. The molecule has 7 nitrogen and oxygen atoms in total. The third-order valence-corrected chi connectivity index (χ3v) is 5.02. The van der Waals surface area contributed by atoms with Crippen molar-refractivity contribution in [3.8, 4) is 0 Å². The number of ketones is 1. The fourth-order valence-corrected chi connectivity index (χ4v) is 3.21. The van der Waals surface area contributed by atoms with Gasteiger partial charge >= 0.3 is 5.97 Å². The lowest BCUT2D eigenvalue weighted by Crippen LogP contribution is -2.32. The quantitative estimate of drug-likeness (QED) is 0.364. The first kappa shape index (κ1) is 23.7. The molecule has 0 fully saturated rings. The molecule has 0 spiro atoms. The van der Waals surface area contributed by atoms with Crippen LogP contribution in [0.15, 0.2) is 72.8 Å². The van der Waals surface area contributed by atoms with Crippen molar-refractivity contribution in [2.24, 2.45) is 0 Å². The minimum atomic E-state index is -0.983. The molecule has 0 unspecified atom stereocenters. The summed E-state index contributed by atoms with van der Waals surface area (Å²) in [5.41, 5.74) is 1.17. The highest BCUT2D eigenvalue weighted by molar-refractivity contribution is 5.98. The van der Waals surface area contributed by atoms with E-state index in [-0.39, 0.29) is 37.5 Å². The normalized spacial score (nSPS) is 11.4. The zero-order valence-electron chi connectivity index (χ0n) is 18.4. The number of hydrogen-bond donors (Lipinski definition) is 2. The number of Topliss-reactive ketones (excluding diaryl/α,β-unsaturated/α-hetero) is 1. The van der Waals surface area contributed by atoms with Crippen molar-refractivity contribution in [1.29, 1.82) is 0 Å². The molecule has 0 aromatic heterocycles. The van der Waals surface area contributed by atoms with Crippen molar-refractivity contribution in [3.63, 3.8) is 0 Å². The Bertz CT molecular complexity index is 1140. The van der Waals surface area contributed by atoms with Crippen LogP contribution in [0.25, 0.3) is 10.8 Å². The summed E-state index contributed by atoms with van der Waals surface area (Å²) in [4.78, 5) is 48.3. The summed E-state index contributed by atoms with van der Waals surface area (Å²) < 4.78 is 5.15. The molecule has 0 bridgehead atoms. The molecule has 0 aliphatic rings. The minimum absolute atomic E-state index is 0.0351. The summed E-state index contributed by atoms with van der Waals surface area (Å²) in [7, 11) is 0. The predicted molar refractivity (Wildman–Crippen MR) is 126 cm³/mol. The highest BCUT2D eigenvalue weighted by Crippen LogP contribution is 2.19. The molecule has 2 N–H and O–H groups in total. The van der Waals surface area contributed by atoms with Gasteiger partial charge in [0.15, 0.2) is 11.9 Å². The van der Waals surface area contributed by atoms with E-state index in [9.17, 15) is 19.2 Å². The fraction of sp³-hybridized carbons (Fsp3) is 0.231. The standard InChI is InChI=1S/C26H26N2O5/c1-18(26(32)28-22-12-11-19-7-5-6-10-21(19)17-22)33-25(31)15-16-27-24(30)14-13-23(29)20-8-3-2-4-9-20/h2-12,17-18H,13-16H2,1H3,(H,27,30)(H,28,32)/t18-/m0/s1. The van der Waals surface area contributed by atoms with Gasteiger partial charge in [0, 0.05) is 30.6 Å². The fourth-order valence-electron chi connectivity index (χ4n) is 3.21. The Morgan fingerprint density at radius 2 is 1.52 bits per heavy atom. The lowest BCUT2D eigenvalue weighted by molar-refractivity contribution is -0.153. The number of hydrogen-bond acceptors (Lipinski definition) is 5. The molecule has 3 aromatic carbocycles. The Balaban J connectivity index is 1.35. The average molecular weight is 447 g/mol. The number of benzene rings is 3. The van der Waals surface area contributed by atoms with Gasteiger partial charge in [-0.1, -0.05) is 60.7 Å².